The number of nitrogens with two attached hydrogens (primary N) is 1. The normalized spacial score (nSPS) is 11.4. The SMILES string of the molecule is CN(CCS(C)(=O)=O)C(=O)COCCN. The van der Waals surface area contributed by atoms with Crippen molar-refractivity contribution in [3.8, 4) is 0 Å². The molecule has 1 amide bonds. The van der Waals surface area contributed by atoms with Gasteiger partial charge in [0.15, 0.2) is 0 Å². The third-order valence-corrected chi connectivity index (χ3v) is 2.64. The number of carbonyl (C=O) groups excluding carboxylic acids is 1. The molecule has 0 aliphatic rings. The fourth-order valence-corrected chi connectivity index (χ4v) is 1.39. The quantitative estimate of drug-likeness (QED) is 0.543. The summed E-state index contributed by atoms with van der Waals surface area (Å²) < 4.78 is 26.6. The Balaban J connectivity index is 3.79. The van der Waals surface area contributed by atoms with Crippen molar-refractivity contribution in [2.75, 3.05) is 45.4 Å². The molecule has 0 bridgehead atoms. The molecule has 0 radical (unpaired) electrons. The zero-order valence-corrected chi connectivity index (χ0v) is 9.92. The molecule has 0 heterocycles. The summed E-state index contributed by atoms with van der Waals surface area (Å²) >= 11 is 0. The maximum atomic E-state index is 11.3. The highest BCUT2D eigenvalue weighted by Gasteiger charge is 2.11. The van der Waals surface area contributed by atoms with E-state index in [0.29, 0.717) is 13.2 Å². The highest BCUT2D eigenvalue weighted by atomic mass is 32.2. The number of carbonyl (C=O) groups is 1. The lowest BCUT2D eigenvalue weighted by molar-refractivity contribution is -0.134. The van der Waals surface area contributed by atoms with Crippen LogP contribution >= 0.6 is 0 Å². The van der Waals surface area contributed by atoms with Crippen molar-refractivity contribution in [1.82, 2.24) is 4.90 Å². The van der Waals surface area contributed by atoms with Crippen LogP contribution in [-0.2, 0) is 19.4 Å². The van der Waals surface area contributed by atoms with Gasteiger partial charge in [-0.2, -0.15) is 0 Å². The first kappa shape index (κ1) is 14.3. The minimum absolute atomic E-state index is 0.0356. The third kappa shape index (κ3) is 8.34. The second-order valence-corrected chi connectivity index (χ2v) is 5.55. The number of hydrogen-bond acceptors (Lipinski definition) is 5. The number of nitrogens with zero attached hydrogens (tertiary/aromatic N) is 1. The number of likely N-dealkylation sites (N-methyl/N-ethyl adjacent to an activating group) is 1. The average Bonchev–Trinajstić information content (AvgIpc) is 2.13. The minimum atomic E-state index is -3.03. The van der Waals surface area contributed by atoms with Crippen LogP contribution in [0.2, 0.25) is 0 Å². The summed E-state index contributed by atoms with van der Waals surface area (Å²) in [5.41, 5.74) is 5.18. The second kappa shape index (κ2) is 6.76. The van der Waals surface area contributed by atoms with E-state index in [-0.39, 0.29) is 24.8 Å². The first-order chi connectivity index (χ1) is 6.87. The van der Waals surface area contributed by atoms with Crippen LogP contribution in [0.25, 0.3) is 0 Å². The molecule has 90 valence electrons. The van der Waals surface area contributed by atoms with Crippen molar-refractivity contribution in [3.05, 3.63) is 0 Å². The highest BCUT2D eigenvalue weighted by molar-refractivity contribution is 7.90. The number of sulfone groups is 1. The molecule has 0 saturated heterocycles. The topological polar surface area (TPSA) is 89.7 Å². The fourth-order valence-electron chi connectivity index (χ4n) is 0.780. The van der Waals surface area contributed by atoms with Crippen molar-refractivity contribution in [2.24, 2.45) is 5.73 Å². The lowest BCUT2D eigenvalue weighted by Gasteiger charge is -2.16. The van der Waals surface area contributed by atoms with Crippen LogP contribution in [0.1, 0.15) is 0 Å². The van der Waals surface area contributed by atoms with Gasteiger partial charge in [0.2, 0.25) is 5.91 Å². The predicted molar refractivity (Wildman–Crippen MR) is 57.2 cm³/mol. The van der Waals surface area contributed by atoms with Crippen LogP contribution in [-0.4, -0.2) is 64.6 Å². The Morgan fingerprint density at radius 2 is 2.07 bits per heavy atom. The summed E-state index contributed by atoms with van der Waals surface area (Å²) in [5.74, 6) is -0.279. The van der Waals surface area contributed by atoms with Crippen molar-refractivity contribution in [1.29, 1.82) is 0 Å². The Morgan fingerprint density at radius 1 is 1.47 bits per heavy atom. The van der Waals surface area contributed by atoms with Crippen LogP contribution in [0, 0.1) is 0 Å². The molecule has 0 unspecified atom stereocenters. The van der Waals surface area contributed by atoms with Crippen molar-refractivity contribution in [2.45, 2.75) is 0 Å². The summed E-state index contributed by atoms with van der Waals surface area (Å²) in [6, 6.07) is 0. The van der Waals surface area contributed by atoms with Crippen molar-refractivity contribution >= 4 is 15.7 Å². The van der Waals surface area contributed by atoms with Gasteiger partial charge in [-0.25, -0.2) is 8.42 Å². The average molecular weight is 238 g/mol. The lowest BCUT2D eigenvalue weighted by atomic mass is 10.5. The van der Waals surface area contributed by atoms with E-state index < -0.39 is 9.84 Å². The van der Waals surface area contributed by atoms with E-state index in [4.69, 9.17) is 10.5 Å². The van der Waals surface area contributed by atoms with E-state index in [1.165, 1.54) is 4.90 Å². The van der Waals surface area contributed by atoms with Crippen molar-refractivity contribution in [3.63, 3.8) is 0 Å². The van der Waals surface area contributed by atoms with Gasteiger partial charge in [-0.1, -0.05) is 0 Å². The Labute approximate surface area is 90.3 Å². The fraction of sp³-hybridized carbons (Fsp3) is 0.875. The molecular weight excluding hydrogens is 220 g/mol. The van der Waals surface area contributed by atoms with Gasteiger partial charge in [0.05, 0.1) is 12.4 Å². The number of hydrogen-bond donors (Lipinski definition) is 1. The van der Waals surface area contributed by atoms with Gasteiger partial charge in [0.1, 0.15) is 16.4 Å². The Kier molecular flexibility index (Phi) is 6.46. The standard InChI is InChI=1S/C8H18N2O4S/c1-10(4-6-15(2,12)13)8(11)7-14-5-3-9/h3-7,9H2,1-2H3. The van der Waals surface area contributed by atoms with Crippen LogP contribution in [0.3, 0.4) is 0 Å². The van der Waals surface area contributed by atoms with Gasteiger partial charge in [0, 0.05) is 26.4 Å². The van der Waals surface area contributed by atoms with Gasteiger partial charge in [-0.3, -0.25) is 4.79 Å². The molecule has 0 spiro atoms. The second-order valence-electron chi connectivity index (χ2n) is 3.29. The molecule has 0 rings (SSSR count). The molecule has 2 N–H and O–H groups in total. The smallest absolute Gasteiger partial charge is 0.248 e. The van der Waals surface area contributed by atoms with Crippen LogP contribution in [0.5, 0.6) is 0 Å². The molecule has 0 aliphatic heterocycles. The zero-order chi connectivity index (χ0) is 11.9. The summed E-state index contributed by atoms with van der Waals surface area (Å²) in [6.07, 6.45) is 1.14. The Hall–Kier alpha value is -0.660. The molecular formula is C8H18N2O4S. The first-order valence-electron chi connectivity index (χ1n) is 4.56. The molecule has 0 aliphatic carbocycles. The Bertz CT molecular complexity index is 289. The summed E-state index contributed by atoms with van der Waals surface area (Å²) in [6.45, 7) is 0.813. The molecule has 0 aromatic heterocycles. The predicted octanol–water partition coefficient (Wildman–Crippen LogP) is -1.54. The molecule has 0 aromatic carbocycles. The largest absolute Gasteiger partial charge is 0.370 e. The summed E-state index contributed by atoms with van der Waals surface area (Å²) in [7, 11) is -1.49. The van der Waals surface area contributed by atoms with Crippen LogP contribution in [0.4, 0.5) is 0 Å². The minimum Gasteiger partial charge on any atom is -0.370 e. The molecule has 0 atom stereocenters. The molecule has 6 nitrogen and oxygen atoms in total. The van der Waals surface area contributed by atoms with E-state index in [0.717, 1.165) is 6.26 Å². The van der Waals surface area contributed by atoms with Crippen LogP contribution in [0.15, 0.2) is 0 Å². The van der Waals surface area contributed by atoms with Crippen LogP contribution < -0.4 is 5.73 Å². The van der Waals surface area contributed by atoms with E-state index in [9.17, 15) is 13.2 Å². The number of ether oxygens (including phenoxy) is 1. The van der Waals surface area contributed by atoms with Gasteiger partial charge in [0.25, 0.3) is 0 Å². The summed E-state index contributed by atoms with van der Waals surface area (Å²) in [4.78, 5) is 12.6. The van der Waals surface area contributed by atoms with E-state index >= 15 is 0 Å². The van der Waals surface area contributed by atoms with Gasteiger partial charge < -0.3 is 15.4 Å². The van der Waals surface area contributed by atoms with Gasteiger partial charge in [-0.15, -0.1) is 0 Å². The van der Waals surface area contributed by atoms with E-state index in [2.05, 4.69) is 0 Å². The molecule has 0 fully saturated rings. The zero-order valence-electron chi connectivity index (χ0n) is 9.10. The monoisotopic (exact) mass is 238 g/mol. The molecule has 15 heavy (non-hydrogen) atoms. The Morgan fingerprint density at radius 3 is 2.53 bits per heavy atom. The molecule has 0 aromatic rings. The van der Waals surface area contributed by atoms with Gasteiger partial charge >= 0.3 is 0 Å². The van der Waals surface area contributed by atoms with Crippen molar-refractivity contribution < 1.29 is 17.9 Å². The third-order valence-electron chi connectivity index (χ3n) is 1.71. The lowest BCUT2D eigenvalue weighted by Crippen LogP contribution is -2.34. The maximum Gasteiger partial charge on any atom is 0.248 e. The maximum absolute atomic E-state index is 11.3. The number of amides is 1. The van der Waals surface area contributed by atoms with Gasteiger partial charge in [-0.05, 0) is 0 Å². The van der Waals surface area contributed by atoms with E-state index in [1.54, 1.807) is 7.05 Å². The first-order valence-corrected chi connectivity index (χ1v) is 6.62. The molecule has 7 heteroatoms. The van der Waals surface area contributed by atoms with E-state index in [1.807, 2.05) is 0 Å². The number of rotatable bonds is 7. The summed E-state index contributed by atoms with van der Waals surface area (Å²) in [5, 5.41) is 0. The highest BCUT2D eigenvalue weighted by Crippen LogP contribution is 1.90. The molecule has 0 saturated carbocycles.